The van der Waals surface area contributed by atoms with Crippen molar-refractivity contribution in [2.75, 3.05) is 4.90 Å². The lowest BCUT2D eigenvalue weighted by atomic mass is 9.97. The Hall–Kier alpha value is -6.98. The van der Waals surface area contributed by atoms with Gasteiger partial charge in [-0.3, -0.25) is 0 Å². The molecule has 9 aromatic carbocycles. The Bertz CT molecular complexity index is 3510. The number of hydrogen-bond acceptors (Lipinski definition) is 4. The van der Waals surface area contributed by atoms with E-state index in [0.717, 1.165) is 55.7 Å². The molecular formula is C54H33NOS2. The van der Waals surface area contributed by atoms with Crippen LogP contribution in [-0.2, 0) is 0 Å². The Kier molecular flexibility index (Phi) is 7.62. The molecule has 0 aliphatic rings. The van der Waals surface area contributed by atoms with E-state index >= 15 is 0 Å². The zero-order valence-electron chi connectivity index (χ0n) is 31.2. The predicted octanol–water partition coefficient (Wildman–Crippen LogP) is 16.8. The lowest BCUT2D eigenvalue weighted by Gasteiger charge is -2.29. The van der Waals surface area contributed by atoms with E-state index in [9.17, 15) is 0 Å². The molecule has 3 aromatic heterocycles. The Balaban J connectivity index is 1.24. The van der Waals surface area contributed by atoms with Crippen LogP contribution in [0.2, 0.25) is 0 Å². The molecule has 0 aliphatic carbocycles. The Morgan fingerprint density at radius 1 is 0.328 bits per heavy atom. The minimum Gasteiger partial charge on any atom is -0.456 e. The molecular weight excluding hydrogens is 743 g/mol. The van der Waals surface area contributed by atoms with E-state index in [1.165, 1.54) is 57.0 Å². The van der Waals surface area contributed by atoms with Crippen molar-refractivity contribution in [3.05, 3.63) is 200 Å². The summed E-state index contributed by atoms with van der Waals surface area (Å²) in [6, 6.07) is 72.5. The predicted molar refractivity (Wildman–Crippen MR) is 250 cm³/mol. The zero-order chi connectivity index (χ0) is 38.2. The lowest BCUT2D eigenvalue weighted by molar-refractivity contribution is 0.669. The summed E-state index contributed by atoms with van der Waals surface area (Å²) in [7, 11) is 0. The first kappa shape index (κ1) is 33.2. The van der Waals surface area contributed by atoms with Crippen LogP contribution in [0, 0.1) is 0 Å². The van der Waals surface area contributed by atoms with E-state index in [1.54, 1.807) is 0 Å². The third-order valence-electron chi connectivity index (χ3n) is 11.5. The SMILES string of the molecule is c1ccc(-c2ccc3c(c2)oc2cc(-c4ccccc4)cc(N(c4cccc5c4sc4ccccc45)c4ccc(-c5ccccc5)c5sc6ccccc6c45)c23)cc1. The van der Waals surface area contributed by atoms with Crippen LogP contribution in [0.1, 0.15) is 0 Å². The van der Waals surface area contributed by atoms with Gasteiger partial charge in [0.1, 0.15) is 11.2 Å². The molecule has 0 spiro atoms. The van der Waals surface area contributed by atoms with Gasteiger partial charge >= 0.3 is 0 Å². The molecule has 2 nitrogen and oxygen atoms in total. The average Bonchev–Trinajstić information content (AvgIpc) is 3.99. The van der Waals surface area contributed by atoms with E-state index < -0.39 is 0 Å². The molecule has 0 amide bonds. The molecule has 12 rings (SSSR count). The van der Waals surface area contributed by atoms with E-state index in [2.05, 4.69) is 205 Å². The van der Waals surface area contributed by atoms with Gasteiger partial charge in [-0.05, 0) is 81.9 Å². The number of benzene rings is 9. The third-order valence-corrected chi connectivity index (χ3v) is 13.9. The molecule has 0 saturated heterocycles. The molecule has 58 heavy (non-hydrogen) atoms. The number of thiophene rings is 2. The summed E-state index contributed by atoms with van der Waals surface area (Å²) < 4.78 is 12.0. The molecule has 0 saturated carbocycles. The first-order chi connectivity index (χ1) is 28.8. The summed E-state index contributed by atoms with van der Waals surface area (Å²) in [5.74, 6) is 0. The van der Waals surface area contributed by atoms with Gasteiger partial charge in [-0.15, -0.1) is 22.7 Å². The normalized spacial score (nSPS) is 11.8. The highest BCUT2D eigenvalue weighted by Crippen LogP contribution is 2.53. The van der Waals surface area contributed by atoms with Crippen LogP contribution < -0.4 is 4.90 Å². The highest BCUT2D eigenvalue weighted by Gasteiger charge is 2.27. The molecule has 3 heterocycles. The molecule has 0 unspecified atom stereocenters. The van der Waals surface area contributed by atoms with Gasteiger partial charge in [0.05, 0.1) is 27.1 Å². The largest absolute Gasteiger partial charge is 0.456 e. The minimum atomic E-state index is 0.859. The molecule has 0 radical (unpaired) electrons. The van der Waals surface area contributed by atoms with Crippen molar-refractivity contribution >= 4 is 102 Å². The molecule has 12 aromatic rings. The van der Waals surface area contributed by atoms with E-state index in [0.29, 0.717) is 0 Å². The maximum atomic E-state index is 6.97. The van der Waals surface area contributed by atoms with Crippen LogP contribution in [-0.4, -0.2) is 0 Å². The van der Waals surface area contributed by atoms with Crippen molar-refractivity contribution in [1.29, 1.82) is 0 Å². The second-order valence-corrected chi connectivity index (χ2v) is 16.9. The number of hydrogen-bond donors (Lipinski definition) is 0. The maximum Gasteiger partial charge on any atom is 0.138 e. The first-order valence-corrected chi connectivity index (χ1v) is 21.2. The Morgan fingerprint density at radius 3 is 1.69 bits per heavy atom. The standard InChI is InChI=1S/C54H33NOS2/c1-4-15-34(16-5-1)37-27-28-42-47(32-37)56-48-33-38(35-17-6-2-7-18-35)31-46(51(42)48)55(45-24-14-23-41-40-21-10-12-25-49(40)57-53(41)45)44-30-29-39(36-19-8-3-9-20-36)54-52(44)43-22-11-13-26-50(43)58-54/h1-33H. The van der Waals surface area contributed by atoms with E-state index in [-0.39, 0.29) is 0 Å². The fourth-order valence-corrected chi connectivity index (χ4v) is 11.3. The number of nitrogens with zero attached hydrogens (tertiary/aromatic N) is 1. The number of furan rings is 1. The van der Waals surface area contributed by atoms with Crippen LogP contribution in [0.5, 0.6) is 0 Å². The van der Waals surface area contributed by atoms with Gasteiger partial charge in [0.2, 0.25) is 0 Å². The van der Waals surface area contributed by atoms with Crippen molar-refractivity contribution in [2.24, 2.45) is 0 Å². The Labute approximate surface area is 343 Å². The summed E-state index contributed by atoms with van der Waals surface area (Å²) in [5.41, 5.74) is 12.1. The van der Waals surface area contributed by atoms with Crippen LogP contribution in [0.15, 0.2) is 205 Å². The fourth-order valence-electron chi connectivity index (χ4n) is 8.81. The van der Waals surface area contributed by atoms with Gasteiger partial charge in [-0.25, -0.2) is 0 Å². The van der Waals surface area contributed by atoms with Gasteiger partial charge in [0.15, 0.2) is 0 Å². The highest BCUT2D eigenvalue weighted by molar-refractivity contribution is 7.27. The van der Waals surface area contributed by atoms with Gasteiger partial charge in [-0.1, -0.05) is 152 Å². The van der Waals surface area contributed by atoms with Gasteiger partial charge in [-0.2, -0.15) is 0 Å². The maximum absolute atomic E-state index is 6.97. The summed E-state index contributed by atoms with van der Waals surface area (Å²) in [4.78, 5) is 2.54. The van der Waals surface area contributed by atoms with E-state index in [4.69, 9.17) is 4.42 Å². The van der Waals surface area contributed by atoms with Gasteiger partial charge in [0.25, 0.3) is 0 Å². The van der Waals surface area contributed by atoms with Crippen molar-refractivity contribution in [3.63, 3.8) is 0 Å². The molecule has 0 atom stereocenters. The molecule has 272 valence electrons. The van der Waals surface area contributed by atoms with Crippen molar-refractivity contribution in [2.45, 2.75) is 0 Å². The van der Waals surface area contributed by atoms with Crippen molar-refractivity contribution in [1.82, 2.24) is 0 Å². The van der Waals surface area contributed by atoms with Crippen LogP contribution >= 0.6 is 22.7 Å². The second-order valence-electron chi connectivity index (χ2n) is 14.8. The van der Waals surface area contributed by atoms with Crippen LogP contribution in [0.3, 0.4) is 0 Å². The Morgan fingerprint density at radius 2 is 0.931 bits per heavy atom. The van der Waals surface area contributed by atoms with Crippen molar-refractivity contribution in [3.8, 4) is 33.4 Å². The highest BCUT2D eigenvalue weighted by atomic mass is 32.1. The second kappa shape index (κ2) is 13.3. The summed E-state index contributed by atoms with van der Waals surface area (Å²) in [6.45, 7) is 0. The van der Waals surface area contributed by atoms with Gasteiger partial charge < -0.3 is 9.32 Å². The minimum absolute atomic E-state index is 0.859. The topological polar surface area (TPSA) is 16.4 Å². The average molecular weight is 776 g/mol. The summed E-state index contributed by atoms with van der Waals surface area (Å²) in [5, 5.41) is 7.22. The fraction of sp³-hybridized carbons (Fsp3) is 0. The smallest absolute Gasteiger partial charge is 0.138 e. The monoisotopic (exact) mass is 775 g/mol. The summed E-state index contributed by atoms with van der Waals surface area (Å²) >= 11 is 3.74. The number of fused-ring (bicyclic) bond motifs is 9. The number of rotatable bonds is 6. The first-order valence-electron chi connectivity index (χ1n) is 19.6. The number of anilines is 3. The lowest BCUT2D eigenvalue weighted by Crippen LogP contribution is -2.11. The molecule has 0 aliphatic heterocycles. The summed E-state index contributed by atoms with van der Waals surface area (Å²) in [6.07, 6.45) is 0. The molecule has 0 bridgehead atoms. The molecule has 4 heteroatoms. The molecule has 0 fully saturated rings. The zero-order valence-corrected chi connectivity index (χ0v) is 32.9. The van der Waals surface area contributed by atoms with Crippen molar-refractivity contribution < 1.29 is 4.42 Å². The van der Waals surface area contributed by atoms with Gasteiger partial charge in [0, 0.05) is 41.0 Å². The van der Waals surface area contributed by atoms with E-state index in [1.807, 2.05) is 22.7 Å². The quantitative estimate of drug-likeness (QED) is 0.167. The molecule has 0 N–H and O–H groups in total. The third kappa shape index (κ3) is 5.23. The van der Waals surface area contributed by atoms with Crippen LogP contribution in [0.4, 0.5) is 17.1 Å². The van der Waals surface area contributed by atoms with Crippen LogP contribution in [0.25, 0.3) is 95.7 Å².